The van der Waals surface area contributed by atoms with Crippen LogP contribution >= 0.6 is 11.3 Å². The molecule has 0 aromatic carbocycles. The van der Waals surface area contributed by atoms with E-state index in [1.54, 1.807) is 11.3 Å². The van der Waals surface area contributed by atoms with Gasteiger partial charge in [-0.3, -0.25) is 4.40 Å². The summed E-state index contributed by atoms with van der Waals surface area (Å²) in [6, 6.07) is 0. The van der Waals surface area contributed by atoms with Gasteiger partial charge >= 0.3 is 0 Å². The van der Waals surface area contributed by atoms with Crippen LogP contribution in [0.4, 0.5) is 0 Å². The number of aliphatic hydroxyl groups is 1. The van der Waals surface area contributed by atoms with Crippen LogP contribution in [0, 0.1) is 12.3 Å². The molecule has 5 heteroatoms. The smallest absolute Gasteiger partial charge is 0.194 e. The highest BCUT2D eigenvalue weighted by Gasteiger charge is 2.41. The Kier molecular flexibility index (Phi) is 2.69. The number of nitrogens with one attached hydrogen (secondary N) is 1. The van der Waals surface area contributed by atoms with Crippen LogP contribution in [0.25, 0.3) is 4.96 Å². The third-order valence-corrected chi connectivity index (χ3v) is 4.40. The second kappa shape index (κ2) is 4.08. The van der Waals surface area contributed by atoms with Crippen molar-refractivity contribution in [2.75, 3.05) is 13.2 Å². The van der Waals surface area contributed by atoms with Gasteiger partial charge in [-0.05, 0) is 19.8 Å². The first-order valence-corrected chi connectivity index (χ1v) is 6.85. The Morgan fingerprint density at radius 3 is 3.12 bits per heavy atom. The Bertz CT molecular complexity index is 527. The van der Waals surface area contributed by atoms with E-state index in [1.165, 1.54) is 5.69 Å². The molecule has 1 saturated carbocycles. The molecule has 2 aromatic rings. The summed E-state index contributed by atoms with van der Waals surface area (Å²) in [5.41, 5.74) is 2.50. The van der Waals surface area contributed by atoms with Crippen LogP contribution in [0.5, 0.6) is 0 Å². The van der Waals surface area contributed by atoms with Crippen LogP contribution in [0.3, 0.4) is 0 Å². The molecule has 0 bridgehead atoms. The van der Waals surface area contributed by atoms with Crippen molar-refractivity contribution in [1.29, 1.82) is 0 Å². The van der Waals surface area contributed by atoms with Gasteiger partial charge in [0.1, 0.15) is 0 Å². The Balaban J connectivity index is 1.68. The summed E-state index contributed by atoms with van der Waals surface area (Å²) in [6.45, 7) is 4.08. The predicted octanol–water partition coefficient (Wildman–Crippen LogP) is 1.57. The molecular formula is C12H17N3OS. The molecule has 2 aromatic heterocycles. The van der Waals surface area contributed by atoms with Gasteiger partial charge in [0.2, 0.25) is 0 Å². The quantitative estimate of drug-likeness (QED) is 0.848. The fourth-order valence-electron chi connectivity index (χ4n) is 2.17. The summed E-state index contributed by atoms with van der Waals surface area (Å²) in [4.78, 5) is 5.57. The lowest BCUT2D eigenvalue weighted by atomic mass is 10.1. The molecule has 92 valence electrons. The summed E-state index contributed by atoms with van der Waals surface area (Å²) in [5.74, 6) is 0. The molecule has 4 nitrogen and oxygen atoms in total. The van der Waals surface area contributed by atoms with E-state index in [0.717, 1.165) is 36.6 Å². The summed E-state index contributed by atoms with van der Waals surface area (Å²) >= 11 is 1.66. The molecule has 1 aliphatic carbocycles. The minimum atomic E-state index is 0.173. The fourth-order valence-corrected chi connectivity index (χ4v) is 2.95. The molecule has 1 aliphatic rings. The number of hydrogen-bond acceptors (Lipinski definition) is 4. The van der Waals surface area contributed by atoms with Gasteiger partial charge in [0.15, 0.2) is 4.96 Å². The predicted molar refractivity (Wildman–Crippen MR) is 68.3 cm³/mol. The first-order chi connectivity index (χ1) is 8.24. The zero-order valence-corrected chi connectivity index (χ0v) is 10.8. The minimum Gasteiger partial charge on any atom is -0.396 e. The zero-order valence-electron chi connectivity index (χ0n) is 9.94. The number of imidazole rings is 1. The van der Waals surface area contributed by atoms with Crippen molar-refractivity contribution in [3.05, 3.63) is 23.0 Å². The molecule has 0 unspecified atom stereocenters. The topological polar surface area (TPSA) is 49.6 Å². The van der Waals surface area contributed by atoms with Gasteiger partial charge < -0.3 is 10.4 Å². The van der Waals surface area contributed by atoms with Crippen molar-refractivity contribution in [3.8, 4) is 0 Å². The van der Waals surface area contributed by atoms with E-state index in [4.69, 9.17) is 0 Å². The molecule has 0 radical (unpaired) electrons. The number of aromatic nitrogens is 2. The molecule has 0 atom stereocenters. The van der Waals surface area contributed by atoms with Crippen LogP contribution in [-0.4, -0.2) is 27.6 Å². The second-order valence-electron chi connectivity index (χ2n) is 4.96. The Morgan fingerprint density at radius 2 is 2.41 bits per heavy atom. The van der Waals surface area contributed by atoms with Crippen molar-refractivity contribution in [1.82, 2.24) is 14.7 Å². The standard InChI is InChI=1S/C12H17N3OS/c1-9-10(15-4-5-17-11(15)14-9)6-13-7-12(8-16)2-3-12/h4-5,13,16H,2-3,6-8H2,1H3. The monoisotopic (exact) mass is 251 g/mol. The van der Waals surface area contributed by atoms with E-state index in [0.29, 0.717) is 6.61 Å². The second-order valence-corrected chi connectivity index (χ2v) is 5.83. The van der Waals surface area contributed by atoms with Gasteiger partial charge in [-0.2, -0.15) is 0 Å². The lowest BCUT2D eigenvalue weighted by molar-refractivity contribution is 0.207. The molecule has 0 spiro atoms. The van der Waals surface area contributed by atoms with Crippen LogP contribution in [0.1, 0.15) is 24.2 Å². The van der Waals surface area contributed by atoms with Gasteiger partial charge in [0.05, 0.1) is 11.4 Å². The van der Waals surface area contributed by atoms with Gasteiger partial charge in [-0.15, -0.1) is 11.3 Å². The molecule has 2 heterocycles. The van der Waals surface area contributed by atoms with Crippen molar-refractivity contribution in [2.24, 2.45) is 5.41 Å². The largest absolute Gasteiger partial charge is 0.396 e. The highest BCUT2D eigenvalue weighted by Crippen LogP contribution is 2.44. The lowest BCUT2D eigenvalue weighted by Crippen LogP contribution is -2.26. The number of thiazole rings is 1. The molecular weight excluding hydrogens is 234 g/mol. The van der Waals surface area contributed by atoms with E-state index >= 15 is 0 Å². The number of aryl methyl sites for hydroxylation is 1. The summed E-state index contributed by atoms with van der Waals surface area (Å²) in [5, 5.41) is 14.8. The third-order valence-electron chi connectivity index (χ3n) is 3.65. The van der Waals surface area contributed by atoms with Crippen LogP contribution < -0.4 is 5.32 Å². The molecule has 3 rings (SSSR count). The average molecular weight is 251 g/mol. The normalized spacial score (nSPS) is 17.8. The summed E-state index contributed by atoms with van der Waals surface area (Å²) < 4.78 is 2.14. The molecule has 0 saturated heterocycles. The Morgan fingerprint density at radius 1 is 1.59 bits per heavy atom. The van der Waals surface area contributed by atoms with E-state index < -0.39 is 0 Å². The average Bonchev–Trinajstić information content (AvgIpc) is 2.87. The molecule has 0 aliphatic heterocycles. The maximum atomic E-state index is 9.25. The van der Waals surface area contributed by atoms with Gasteiger partial charge in [0.25, 0.3) is 0 Å². The molecule has 17 heavy (non-hydrogen) atoms. The Labute approximate surface area is 104 Å². The van der Waals surface area contributed by atoms with Gasteiger partial charge in [0, 0.05) is 36.7 Å². The molecule has 0 amide bonds. The maximum Gasteiger partial charge on any atom is 0.194 e. The number of rotatable bonds is 5. The first kappa shape index (κ1) is 11.2. The van der Waals surface area contributed by atoms with Gasteiger partial charge in [-0.25, -0.2) is 4.98 Å². The van der Waals surface area contributed by atoms with Crippen molar-refractivity contribution in [3.63, 3.8) is 0 Å². The first-order valence-electron chi connectivity index (χ1n) is 5.97. The zero-order chi connectivity index (χ0) is 11.9. The number of hydrogen-bond donors (Lipinski definition) is 2. The highest BCUT2D eigenvalue weighted by atomic mass is 32.1. The SMILES string of the molecule is Cc1nc2sccn2c1CNCC1(CO)CC1. The fraction of sp³-hybridized carbons (Fsp3) is 0.583. The molecule has 1 fully saturated rings. The number of fused-ring (bicyclic) bond motifs is 1. The number of aliphatic hydroxyl groups excluding tert-OH is 1. The third kappa shape index (κ3) is 1.99. The van der Waals surface area contributed by atoms with Crippen LogP contribution in [0.15, 0.2) is 11.6 Å². The minimum absolute atomic E-state index is 0.173. The van der Waals surface area contributed by atoms with E-state index in [-0.39, 0.29) is 5.41 Å². The van der Waals surface area contributed by atoms with Crippen molar-refractivity contribution < 1.29 is 5.11 Å². The highest BCUT2D eigenvalue weighted by molar-refractivity contribution is 7.15. The van der Waals surface area contributed by atoms with Gasteiger partial charge in [-0.1, -0.05) is 0 Å². The summed E-state index contributed by atoms with van der Waals surface area (Å²) in [6.07, 6.45) is 4.36. The van der Waals surface area contributed by atoms with Crippen molar-refractivity contribution in [2.45, 2.75) is 26.3 Å². The van der Waals surface area contributed by atoms with Crippen LogP contribution in [0.2, 0.25) is 0 Å². The van der Waals surface area contributed by atoms with E-state index in [9.17, 15) is 5.11 Å². The van der Waals surface area contributed by atoms with E-state index in [1.807, 2.05) is 0 Å². The van der Waals surface area contributed by atoms with E-state index in [2.05, 4.69) is 33.2 Å². The van der Waals surface area contributed by atoms with Crippen molar-refractivity contribution >= 4 is 16.3 Å². The van der Waals surface area contributed by atoms with Crippen LogP contribution in [-0.2, 0) is 6.54 Å². The number of nitrogens with zero attached hydrogens (tertiary/aromatic N) is 2. The maximum absolute atomic E-state index is 9.25. The lowest BCUT2D eigenvalue weighted by Gasteiger charge is -2.12. The molecule has 2 N–H and O–H groups in total. The Hall–Kier alpha value is -0.910. The summed E-state index contributed by atoms with van der Waals surface area (Å²) in [7, 11) is 0.